The zero-order valence-electron chi connectivity index (χ0n) is 7.92. The molecule has 0 spiro atoms. The lowest BCUT2D eigenvalue weighted by molar-refractivity contribution is 0.101. The molecule has 4 heteroatoms. The van der Waals surface area contributed by atoms with Gasteiger partial charge in [0.05, 0.1) is 5.56 Å². The second-order valence-corrected chi connectivity index (χ2v) is 4.48. The number of aromatic amines is 1. The zero-order chi connectivity index (χ0) is 10.1. The lowest BCUT2D eigenvalue weighted by Crippen LogP contribution is -2.21. The number of hydrogen-bond donors (Lipinski definition) is 1. The van der Waals surface area contributed by atoms with Crippen LogP contribution in [0.15, 0.2) is 10.9 Å². The Morgan fingerprint density at radius 2 is 2.36 bits per heavy atom. The van der Waals surface area contributed by atoms with Crippen molar-refractivity contribution in [2.24, 2.45) is 0 Å². The number of H-pyrrole nitrogens is 1. The summed E-state index contributed by atoms with van der Waals surface area (Å²) < 4.78 is 0. The highest BCUT2D eigenvalue weighted by Crippen LogP contribution is 2.22. The fraction of sp³-hybridized carbons (Fsp3) is 0.400. The van der Waals surface area contributed by atoms with Crippen LogP contribution in [-0.2, 0) is 12.2 Å². The second-order valence-electron chi connectivity index (χ2n) is 3.37. The summed E-state index contributed by atoms with van der Waals surface area (Å²) in [7, 11) is 0. The van der Waals surface area contributed by atoms with Gasteiger partial charge >= 0.3 is 0 Å². The van der Waals surface area contributed by atoms with Gasteiger partial charge in [-0.25, -0.2) is 0 Å². The van der Waals surface area contributed by atoms with E-state index in [1.54, 1.807) is 6.07 Å². The van der Waals surface area contributed by atoms with Crippen LogP contribution in [0.2, 0.25) is 0 Å². The van der Waals surface area contributed by atoms with Crippen molar-refractivity contribution in [2.45, 2.75) is 19.1 Å². The molecule has 0 fully saturated rings. The Labute approximate surface area is 85.9 Å². The maximum absolute atomic E-state index is 11.4. The Morgan fingerprint density at radius 3 is 3.07 bits per heavy atom. The average Bonchev–Trinajstić information content (AvgIpc) is 2.16. The van der Waals surface area contributed by atoms with Crippen molar-refractivity contribution in [3.8, 4) is 0 Å². The molecule has 0 aliphatic carbocycles. The molecule has 0 radical (unpaired) electrons. The molecule has 74 valence electrons. The molecule has 0 atom stereocenters. The number of aryl methyl sites for hydroxylation is 1. The summed E-state index contributed by atoms with van der Waals surface area (Å²) in [5.41, 5.74) is 2.14. The molecule has 1 aliphatic heterocycles. The van der Waals surface area contributed by atoms with Crippen molar-refractivity contribution in [2.75, 3.05) is 5.75 Å². The fourth-order valence-corrected chi connectivity index (χ4v) is 2.55. The third kappa shape index (κ3) is 1.62. The molecule has 1 aromatic heterocycles. The Balaban J connectivity index is 2.56. The van der Waals surface area contributed by atoms with Crippen LogP contribution in [0.3, 0.4) is 0 Å². The number of aromatic nitrogens is 1. The van der Waals surface area contributed by atoms with Gasteiger partial charge < -0.3 is 4.98 Å². The summed E-state index contributed by atoms with van der Waals surface area (Å²) in [6, 6.07) is 1.74. The first-order chi connectivity index (χ1) is 6.68. The molecule has 3 nitrogen and oxygen atoms in total. The Bertz CT molecular complexity index is 436. The first-order valence-corrected chi connectivity index (χ1v) is 5.67. The predicted octanol–water partition coefficient (Wildman–Crippen LogP) is 1.37. The number of hydrogen-bond acceptors (Lipinski definition) is 3. The van der Waals surface area contributed by atoms with Crippen LogP contribution in [0, 0.1) is 0 Å². The van der Waals surface area contributed by atoms with E-state index in [0.29, 0.717) is 0 Å². The van der Waals surface area contributed by atoms with Crippen LogP contribution in [-0.4, -0.2) is 16.5 Å². The second kappa shape index (κ2) is 3.61. The number of pyridine rings is 1. The molecule has 0 saturated heterocycles. The van der Waals surface area contributed by atoms with Gasteiger partial charge in [-0.3, -0.25) is 9.59 Å². The number of carbonyl (C=O) groups excluding carboxylic acids is 1. The van der Waals surface area contributed by atoms with E-state index in [1.807, 2.05) is 11.8 Å². The van der Waals surface area contributed by atoms with Gasteiger partial charge in [-0.15, -0.1) is 0 Å². The maximum atomic E-state index is 11.4. The number of thioether (sulfide) groups is 1. The van der Waals surface area contributed by atoms with Gasteiger partial charge in [-0.05, 0) is 30.7 Å². The highest BCUT2D eigenvalue weighted by Gasteiger charge is 2.14. The number of carbonyl (C=O) groups is 1. The van der Waals surface area contributed by atoms with Gasteiger partial charge in [0.1, 0.15) is 0 Å². The van der Waals surface area contributed by atoms with Gasteiger partial charge in [0.2, 0.25) is 0 Å². The van der Waals surface area contributed by atoms with Crippen LogP contribution in [0.1, 0.15) is 28.5 Å². The first-order valence-electron chi connectivity index (χ1n) is 4.52. The molecule has 2 rings (SSSR count). The van der Waals surface area contributed by atoms with Crippen molar-refractivity contribution in [3.63, 3.8) is 0 Å². The fourth-order valence-electron chi connectivity index (χ4n) is 1.58. The van der Waals surface area contributed by atoms with Crippen molar-refractivity contribution < 1.29 is 4.79 Å². The van der Waals surface area contributed by atoms with E-state index in [9.17, 15) is 9.59 Å². The molecule has 14 heavy (non-hydrogen) atoms. The zero-order valence-corrected chi connectivity index (χ0v) is 8.74. The van der Waals surface area contributed by atoms with Crippen LogP contribution in [0.4, 0.5) is 0 Å². The molecule has 0 bridgehead atoms. The van der Waals surface area contributed by atoms with Gasteiger partial charge in [-0.1, -0.05) is 0 Å². The van der Waals surface area contributed by atoms with E-state index in [1.165, 1.54) is 6.92 Å². The van der Waals surface area contributed by atoms with Gasteiger partial charge in [0.25, 0.3) is 5.56 Å². The molecule has 2 heterocycles. The number of fused-ring (bicyclic) bond motifs is 1. The van der Waals surface area contributed by atoms with Gasteiger partial charge in [0, 0.05) is 11.4 Å². The molecular formula is C10H11NO2S. The maximum Gasteiger partial charge on any atom is 0.259 e. The Morgan fingerprint density at radius 1 is 1.57 bits per heavy atom. The van der Waals surface area contributed by atoms with E-state index in [4.69, 9.17) is 0 Å². The highest BCUT2D eigenvalue weighted by atomic mass is 32.2. The topological polar surface area (TPSA) is 49.9 Å². The molecule has 0 saturated carbocycles. The number of Topliss-reactive ketones (excluding diaryl/α,β-unsaturated/α-hetero) is 1. The van der Waals surface area contributed by atoms with Crippen molar-refractivity contribution in [3.05, 3.63) is 33.2 Å². The Kier molecular flexibility index (Phi) is 2.46. The van der Waals surface area contributed by atoms with E-state index >= 15 is 0 Å². The van der Waals surface area contributed by atoms with Crippen LogP contribution in [0.5, 0.6) is 0 Å². The lowest BCUT2D eigenvalue weighted by Gasteiger charge is -2.14. The van der Waals surface area contributed by atoms with Crippen molar-refractivity contribution >= 4 is 17.5 Å². The third-order valence-corrected chi connectivity index (χ3v) is 3.36. The van der Waals surface area contributed by atoms with Crippen molar-refractivity contribution in [1.82, 2.24) is 4.98 Å². The van der Waals surface area contributed by atoms with Crippen molar-refractivity contribution in [1.29, 1.82) is 0 Å². The third-order valence-electron chi connectivity index (χ3n) is 2.35. The predicted molar refractivity (Wildman–Crippen MR) is 56.9 cm³/mol. The molecule has 1 aliphatic rings. The summed E-state index contributed by atoms with van der Waals surface area (Å²) in [5.74, 6) is 1.78. The standard InChI is InChI=1S/C10H11NO2S/c1-6(12)8-4-7-5-14-3-2-9(7)11-10(8)13/h4H,2-3,5H2,1H3,(H,11,13). The molecule has 1 aromatic rings. The lowest BCUT2D eigenvalue weighted by atomic mass is 10.1. The smallest absolute Gasteiger partial charge is 0.259 e. The summed E-state index contributed by atoms with van der Waals surface area (Å²) in [5, 5.41) is 0. The van der Waals surface area contributed by atoms with Crippen LogP contribution in [0.25, 0.3) is 0 Å². The minimum absolute atomic E-state index is 0.162. The largest absolute Gasteiger partial charge is 0.325 e. The normalized spacial score (nSPS) is 14.9. The summed E-state index contributed by atoms with van der Waals surface area (Å²) in [6.45, 7) is 1.42. The Hall–Kier alpha value is -1.03. The van der Waals surface area contributed by atoms with E-state index < -0.39 is 0 Å². The number of nitrogens with one attached hydrogen (secondary N) is 1. The molecule has 0 amide bonds. The average molecular weight is 209 g/mol. The summed E-state index contributed by atoms with van der Waals surface area (Å²) in [4.78, 5) is 25.4. The van der Waals surface area contributed by atoms with E-state index in [2.05, 4.69) is 4.98 Å². The number of ketones is 1. The van der Waals surface area contributed by atoms with Crippen LogP contribution >= 0.6 is 11.8 Å². The van der Waals surface area contributed by atoms with Gasteiger partial charge in [-0.2, -0.15) is 11.8 Å². The minimum Gasteiger partial charge on any atom is -0.325 e. The summed E-state index contributed by atoms with van der Waals surface area (Å²) in [6.07, 6.45) is 0.896. The van der Waals surface area contributed by atoms with E-state index in [-0.39, 0.29) is 16.9 Å². The molecule has 0 aromatic carbocycles. The molecule has 0 unspecified atom stereocenters. The van der Waals surface area contributed by atoms with Crippen LogP contribution < -0.4 is 5.56 Å². The molecule has 1 N–H and O–H groups in total. The number of rotatable bonds is 1. The molecular weight excluding hydrogens is 198 g/mol. The minimum atomic E-state index is -0.247. The quantitative estimate of drug-likeness (QED) is 0.711. The summed E-state index contributed by atoms with van der Waals surface area (Å²) >= 11 is 1.83. The monoisotopic (exact) mass is 209 g/mol. The first kappa shape index (κ1) is 9.52. The highest BCUT2D eigenvalue weighted by molar-refractivity contribution is 7.98. The SMILES string of the molecule is CC(=O)c1cc2c([nH]c1=O)CCSC2. The van der Waals surface area contributed by atoms with E-state index in [0.717, 1.165) is 29.2 Å². The van der Waals surface area contributed by atoms with Gasteiger partial charge in [0.15, 0.2) is 5.78 Å².